The van der Waals surface area contributed by atoms with E-state index in [0.29, 0.717) is 18.5 Å². The number of aromatic nitrogens is 4. The van der Waals surface area contributed by atoms with Gasteiger partial charge in [0.05, 0.1) is 43.0 Å². The number of nitrogens with zero attached hydrogens (tertiary/aromatic N) is 4. The van der Waals surface area contributed by atoms with Crippen molar-refractivity contribution in [2.45, 2.75) is 102 Å². The summed E-state index contributed by atoms with van der Waals surface area (Å²) in [5.41, 5.74) is 7.60. The number of aliphatic hydroxyl groups is 2. The average Bonchev–Trinajstić information content (AvgIpc) is 3.86. The van der Waals surface area contributed by atoms with Crippen molar-refractivity contribution in [2.75, 3.05) is 0 Å². The van der Waals surface area contributed by atoms with Crippen molar-refractivity contribution in [3.63, 3.8) is 0 Å². The third-order valence-corrected chi connectivity index (χ3v) is 11.8. The minimum Gasteiger partial charge on any atom is -0.393 e. The van der Waals surface area contributed by atoms with Crippen molar-refractivity contribution in [1.29, 1.82) is 0 Å². The highest BCUT2D eigenvalue weighted by Gasteiger charge is 2.44. The van der Waals surface area contributed by atoms with Crippen LogP contribution in [0.15, 0.2) is 79.2 Å². The fourth-order valence-corrected chi connectivity index (χ4v) is 9.38. The van der Waals surface area contributed by atoms with Gasteiger partial charge < -0.3 is 14.8 Å². The summed E-state index contributed by atoms with van der Waals surface area (Å²) in [5, 5.41) is 23.7. The van der Waals surface area contributed by atoms with Crippen molar-refractivity contribution in [3.05, 3.63) is 96.1 Å². The summed E-state index contributed by atoms with van der Waals surface area (Å²) in [7, 11) is 0. The number of imidazole rings is 2. The Morgan fingerprint density at radius 2 is 1.72 bits per heavy atom. The maximum atomic E-state index is 15.5. The summed E-state index contributed by atoms with van der Waals surface area (Å²) >= 11 is 0. The first-order valence-corrected chi connectivity index (χ1v) is 17.5. The van der Waals surface area contributed by atoms with Crippen LogP contribution in [0.4, 0.5) is 4.39 Å². The fourth-order valence-electron chi connectivity index (χ4n) is 9.38. The molecule has 0 bridgehead atoms. The van der Waals surface area contributed by atoms with Crippen LogP contribution >= 0.6 is 0 Å². The second kappa shape index (κ2) is 12.2. The molecule has 2 aliphatic carbocycles. The molecule has 0 saturated heterocycles. The minimum atomic E-state index is -0.492. The molecular weight excluding hydrogens is 575 g/mol. The molecule has 2 aromatic heterocycles. The first-order valence-electron chi connectivity index (χ1n) is 17.5. The first-order chi connectivity index (χ1) is 22.5. The Morgan fingerprint density at radius 1 is 0.935 bits per heavy atom. The molecule has 2 saturated carbocycles. The summed E-state index contributed by atoms with van der Waals surface area (Å²) in [5.74, 6) is 0.217. The molecule has 6 nitrogen and oxygen atoms in total. The highest BCUT2D eigenvalue weighted by molar-refractivity contribution is 5.70. The van der Waals surface area contributed by atoms with Crippen LogP contribution < -0.4 is 4.57 Å². The summed E-state index contributed by atoms with van der Waals surface area (Å²) < 4.78 is 22.2. The van der Waals surface area contributed by atoms with Gasteiger partial charge in [-0.25, -0.2) is 18.5 Å². The number of hydrogen-bond acceptors (Lipinski definition) is 3. The largest absolute Gasteiger partial charge is 0.393 e. The highest BCUT2D eigenvalue weighted by atomic mass is 19.1. The van der Waals surface area contributed by atoms with Crippen LogP contribution in [0, 0.1) is 23.6 Å². The molecule has 0 radical (unpaired) electrons. The van der Waals surface area contributed by atoms with Crippen LogP contribution in [0.2, 0.25) is 0 Å². The Morgan fingerprint density at radius 3 is 2.52 bits per heavy atom. The zero-order valence-electron chi connectivity index (χ0n) is 26.8. The van der Waals surface area contributed by atoms with E-state index in [0.717, 1.165) is 55.5 Å². The molecule has 5 unspecified atom stereocenters. The van der Waals surface area contributed by atoms with Crippen molar-refractivity contribution in [2.24, 2.45) is 17.8 Å². The quantitative estimate of drug-likeness (QED) is 0.159. The molecule has 2 fully saturated rings. The molecule has 4 heterocycles. The number of allylic oxidation sites excluding steroid dienone is 2. The van der Waals surface area contributed by atoms with Crippen molar-refractivity contribution in [1.82, 2.24) is 14.1 Å². The monoisotopic (exact) mass is 621 g/mol. The summed E-state index contributed by atoms with van der Waals surface area (Å²) in [6.45, 7) is 2.73. The molecule has 7 heteroatoms. The van der Waals surface area contributed by atoms with Crippen LogP contribution in [-0.2, 0) is 6.54 Å². The highest BCUT2D eigenvalue weighted by Crippen LogP contribution is 2.47. The Bertz CT molecular complexity index is 1740. The average molecular weight is 622 g/mol. The van der Waals surface area contributed by atoms with Gasteiger partial charge in [-0.1, -0.05) is 61.2 Å². The van der Waals surface area contributed by atoms with E-state index in [1.54, 1.807) is 12.1 Å². The summed E-state index contributed by atoms with van der Waals surface area (Å²) in [6.07, 6.45) is 19.6. The van der Waals surface area contributed by atoms with Crippen molar-refractivity contribution < 1.29 is 19.2 Å². The molecular formula is C39H46FN4O2+. The number of benzene rings is 2. The van der Waals surface area contributed by atoms with Gasteiger partial charge in [-0.2, -0.15) is 0 Å². The van der Waals surface area contributed by atoms with E-state index in [4.69, 9.17) is 0 Å². The van der Waals surface area contributed by atoms with Crippen LogP contribution in [0.25, 0.3) is 22.5 Å². The van der Waals surface area contributed by atoms with Gasteiger partial charge in [0.15, 0.2) is 5.69 Å². The van der Waals surface area contributed by atoms with Gasteiger partial charge in [0.25, 0.3) is 0 Å². The standard InChI is InChI=1S/C39H46FN4O2/c1-2-25-15-17-26(18-16-25)36(45)19-33-37-30(13-8-14-32(37)40)35-22-42(24-44(33)35)21-31(39(46)27-9-4-3-5-10-27)38-29-12-7-6-11-28(29)34-20-41-23-43(34)38/h2,6-8,11-14,20,22-24,26-27,31,33,36,38-39,45-46H,3-5,9-10,15-19,21H2,1H3/q+1. The smallest absolute Gasteiger partial charge is 0.244 e. The van der Waals surface area contributed by atoms with Gasteiger partial charge in [-0.05, 0) is 75.0 Å². The Hall–Kier alpha value is -3.55. The van der Waals surface area contributed by atoms with E-state index in [2.05, 4.69) is 68.5 Å². The van der Waals surface area contributed by atoms with Gasteiger partial charge in [0, 0.05) is 29.0 Å². The van der Waals surface area contributed by atoms with Crippen LogP contribution in [-0.4, -0.2) is 36.5 Å². The number of hydrogen-bond donors (Lipinski definition) is 2. The van der Waals surface area contributed by atoms with Gasteiger partial charge in [0.1, 0.15) is 18.1 Å². The number of aliphatic hydroxyl groups excluding tert-OH is 2. The fraction of sp³-hybridized carbons (Fsp3) is 0.487. The molecule has 46 heavy (non-hydrogen) atoms. The zero-order valence-corrected chi connectivity index (χ0v) is 26.8. The van der Waals surface area contributed by atoms with Crippen molar-refractivity contribution >= 4 is 0 Å². The lowest BCUT2D eigenvalue weighted by Crippen LogP contribution is -2.46. The van der Waals surface area contributed by atoms with Crippen molar-refractivity contribution in [3.8, 4) is 22.5 Å². The van der Waals surface area contributed by atoms with Gasteiger partial charge in [-0.15, -0.1) is 0 Å². The maximum Gasteiger partial charge on any atom is 0.244 e. The molecule has 4 aromatic rings. The van der Waals surface area contributed by atoms with Gasteiger partial charge >= 0.3 is 0 Å². The molecule has 0 amide bonds. The number of fused-ring (bicyclic) bond motifs is 6. The van der Waals surface area contributed by atoms with Crippen LogP contribution in [0.1, 0.15) is 94.3 Å². The lowest BCUT2D eigenvalue weighted by molar-refractivity contribution is -0.704. The third kappa shape index (κ3) is 5.07. The molecule has 4 aliphatic rings. The second-order valence-electron chi connectivity index (χ2n) is 14.3. The van der Waals surface area contributed by atoms with Crippen LogP contribution in [0.3, 0.4) is 0 Å². The number of rotatable bonds is 8. The third-order valence-electron chi connectivity index (χ3n) is 11.8. The van der Waals surface area contributed by atoms with E-state index in [-0.39, 0.29) is 35.7 Å². The van der Waals surface area contributed by atoms with E-state index in [1.165, 1.54) is 36.0 Å². The number of halogens is 1. The molecule has 2 aromatic carbocycles. The van der Waals surface area contributed by atoms with E-state index in [1.807, 2.05) is 18.6 Å². The zero-order chi connectivity index (χ0) is 31.4. The Kier molecular flexibility index (Phi) is 7.93. The minimum absolute atomic E-state index is 0.0245. The van der Waals surface area contributed by atoms with Gasteiger partial charge in [0.2, 0.25) is 6.33 Å². The molecule has 8 rings (SSSR count). The second-order valence-corrected chi connectivity index (χ2v) is 14.3. The normalized spacial score (nSPS) is 24.2. The Balaban J connectivity index is 1.14. The Labute approximate surface area is 271 Å². The lowest BCUT2D eigenvalue weighted by Gasteiger charge is -2.35. The predicted molar refractivity (Wildman–Crippen MR) is 176 cm³/mol. The summed E-state index contributed by atoms with van der Waals surface area (Å²) in [4.78, 5) is 4.52. The SMILES string of the molecule is CC=C1CCC(C(O)CC2c3c(F)cccc3-c3c[n+](CC(C(O)C4CCCCC4)C4c5ccccc5-c5cncn54)cn32)CC1. The topological polar surface area (TPSA) is 67.1 Å². The molecule has 2 N–H and O–H groups in total. The molecule has 2 aliphatic heterocycles. The van der Waals surface area contributed by atoms with E-state index < -0.39 is 12.2 Å². The predicted octanol–water partition coefficient (Wildman–Crippen LogP) is 7.40. The molecule has 5 atom stereocenters. The molecule has 240 valence electrons. The maximum absolute atomic E-state index is 15.5. The lowest BCUT2D eigenvalue weighted by atomic mass is 9.76. The van der Waals surface area contributed by atoms with E-state index >= 15 is 4.39 Å². The molecule has 0 spiro atoms. The van der Waals surface area contributed by atoms with Gasteiger partial charge in [-0.3, -0.25) is 0 Å². The van der Waals surface area contributed by atoms with Crippen LogP contribution in [0.5, 0.6) is 0 Å². The van der Waals surface area contributed by atoms with E-state index in [9.17, 15) is 10.2 Å². The summed E-state index contributed by atoms with van der Waals surface area (Å²) in [6, 6.07) is 13.6. The first kappa shape index (κ1) is 29.8.